The smallest absolute Gasteiger partial charge is 0.376 e. The van der Waals surface area contributed by atoms with Crippen LogP contribution in [0.3, 0.4) is 0 Å². The van der Waals surface area contributed by atoms with E-state index in [1.54, 1.807) is 13.2 Å². The number of benzene rings is 1. The molecule has 0 fully saturated rings. The summed E-state index contributed by atoms with van der Waals surface area (Å²) in [4.78, 5) is 19.5. The minimum Gasteiger partial charge on any atom is -0.496 e. The molecule has 0 bridgehead atoms. The fraction of sp³-hybridized carbons (Fsp3) is 0.214. The lowest BCUT2D eigenvalue weighted by Gasteiger charge is -2.07. The van der Waals surface area contributed by atoms with Crippen LogP contribution in [-0.4, -0.2) is 30.2 Å². The number of carbonyl (C=O) groups excluding carboxylic acids is 1. The molecule has 0 N–H and O–H groups in total. The number of methoxy groups -OCH3 is 2. The van der Waals surface area contributed by atoms with Crippen LogP contribution in [0.2, 0.25) is 0 Å². The van der Waals surface area contributed by atoms with Crippen molar-refractivity contribution < 1.29 is 14.3 Å². The summed E-state index contributed by atoms with van der Waals surface area (Å²) in [7, 11) is 2.93. The Kier molecular flexibility index (Phi) is 3.75. The van der Waals surface area contributed by atoms with Crippen LogP contribution in [0.1, 0.15) is 16.2 Å². The number of aromatic nitrogens is 2. The van der Waals surface area contributed by atoms with Crippen LogP contribution in [0.5, 0.6) is 5.75 Å². The lowest BCUT2D eigenvalue weighted by Crippen LogP contribution is -2.07. The van der Waals surface area contributed by atoms with Crippen LogP contribution >= 0.6 is 0 Å². The molecular formula is C14H14N2O3. The molecule has 98 valence electrons. The van der Waals surface area contributed by atoms with Crippen molar-refractivity contribution in [2.75, 3.05) is 14.2 Å². The minimum absolute atomic E-state index is 0.0495. The van der Waals surface area contributed by atoms with Gasteiger partial charge >= 0.3 is 5.97 Å². The van der Waals surface area contributed by atoms with Gasteiger partial charge in [-0.25, -0.2) is 14.8 Å². The molecule has 2 rings (SSSR count). The van der Waals surface area contributed by atoms with Gasteiger partial charge in [0.2, 0.25) is 5.82 Å². The predicted octanol–water partition coefficient (Wildman–Crippen LogP) is 2.25. The van der Waals surface area contributed by atoms with Gasteiger partial charge in [0.25, 0.3) is 0 Å². The first-order chi connectivity index (χ1) is 9.15. The lowest BCUT2D eigenvalue weighted by molar-refractivity contribution is 0.0587. The zero-order valence-corrected chi connectivity index (χ0v) is 11.0. The maximum Gasteiger partial charge on any atom is 0.376 e. The molecule has 0 unspecified atom stereocenters. The zero-order chi connectivity index (χ0) is 13.8. The molecule has 0 aliphatic carbocycles. The van der Waals surface area contributed by atoms with E-state index in [1.807, 2.05) is 25.1 Å². The SMILES string of the molecule is COC(=O)c1nccc(-c2ccc(OC)c(C)c2)n1. The van der Waals surface area contributed by atoms with Crippen molar-refractivity contribution in [1.82, 2.24) is 9.97 Å². The van der Waals surface area contributed by atoms with Crippen molar-refractivity contribution in [1.29, 1.82) is 0 Å². The maximum absolute atomic E-state index is 11.4. The molecule has 0 radical (unpaired) electrons. The number of ether oxygens (including phenoxy) is 2. The summed E-state index contributed by atoms with van der Waals surface area (Å²) in [6.45, 7) is 1.95. The summed E-state index contributed by atoms with van der Waals surface area (Å²) in [5, 5.41) is 0. The number of nitrogens with zero attached hydrogens (tertiary/aromatic N) is 2. The summed E-state index contributed by atoms with van der Waals surface area (Å²) >= 11 is 0. The first kappa shape index (κ1) is 13.0. The van der Waals surface area contributed by atoms with Gasteiger partial charge in [0.05, 0.1) is 19.9 Å². The molecule has 19 heavy (non-hydrogen) atoms. The molecule has 0 saturated heterocycles. The number of carbonyl (C=O) groups is 1. The summed E-state index contributed by atoms with van der Waals surface area (Å²) < 4.78 is 9.81. The Balaban J connectivity index is 2.41. The fourth-order valence-corrected chi connectivity index (χ4v) is 1.75. The molecule has 0 saturated carbocycles. The topological polar surface area (TPSA) is 61.3 Å². The molecule has 1 heterocycles. The van der Waals surface area contributed by atoms with Crippen LogP contribution in [0.15, 0.2) is 30.5 Å². The summed E-state index contributed by atoms with van der Waals surface area (Å²) in [6.07, 6.45) is 1.54. The number of rotatable bonds is 3. The van der Waals surface area contributed by atoms with Gasteiger partial charge in [0.1, 0.15) is 5.75 Å². The number of hydrogen-bond acceptors (Lipinski definition) is 5. The van der Waals surface area contributed by atoms with Crippen LogP contribution in [0, 0.1) is 6.92 Å². The summed E-state index contributed by atoms with van der Waals surface area (Å²) in [5.74, 6) is 0.312. The minimum atomic E-state index is -0.549. The third-order valence-corrected chi connectivity index (χ3v) is 2.71. The van der Waals surface area contributed by atoms with Gasteiger partial charge in [-0.05, 0) is 36.8 Å². The summed E-state index contributed by atoms with van der Waals surface area (Å²) in [5.41, 5.74) is 2.56. The highest BCUT2D eigenvalue weighted by Gasteiger charge is 2.11. The second-order valence-electron chi connectivity index (χ2n) is 3.94. The molecule has 0 aliphatic rings. The molecule has 0 aliphatic heterocycles. The van der Waals surface area contributed by atoms with E-state index in [4.69, 9.17) is 4.74 Å². The van der Waals surface area contributed by atoms with Crippen molar-refractivity contribution in [3.63, 3.8) is 0 Å². The zero-order valence-electron chi connectivity index (χ0n) is 11.0. The van der Waals surface area contributed by atoms with E-state index >= 15 is 0 Å². The van der Waals surface area contributed by atoms with Gasteiger partial charge in [-0.3, -0.25) is 0 Å². The van der Waals surface area contributed by atoms with E-state index in [0.29, 0.717) is 5.69 Å². The molecule has 1 aromatic carbocycles. The number of esters is 1. The Morgan fingerprint density at radius 1 is 1.21 bits per heavy atom. The molecule has 2 aromatic rings. The van der Waals surface area contributed by atoms with Gasteiger partial charge < -0.3 is 9.47 Å². The third kappa shape index (κ3) is 2.70. The Morgan fingerprint density at radius 3 is 2.63 bits per heavy atom. The normalized spacial score (nSPS) is 10.1. The standard InChI is InChI=1S/C14H14N2O3/c1-9-8-10(4-5-12(9)18-2)11-6-7-15-13(16-11)14(17)19-3/h4-8H,1-3H3. The molecule has 0 atom stereocenters. The largest absolute Gasteiger partial charge is 0.496 e. The lowest BCUT2D eigenvalue weighted by atomic mass is 10.1. The maximum atomic E-state index is 11.4. The average molecular weight is 258 g/mol. The highest BCUT2D eigenvalue weighted by atomic mass is 16.5. The van der Waals surface area contributed by atoms with Crippen molar-refractivity contribution in [2.45, 2.75) is 6.92 Å². The van der Waals surface area contributed by atoms with Crippen LogP contribution in [-0.2, 0) is 4.74 Å². The predicted molar refractivity (Wildman–Crippen MR) is 70.1 cm³/mol. The first-order valence-electron chi connectivity index (χ1n) is 5.72. The second-order valence-corrected chi connectivity index (χ2v) is 3.94. The van der Waals surface area contributed by atoms with Crippen LogP contribution in [0.4, 0.5) is 0 Å². The molecule has 1 aromatic heterocycles. The average Bonchev–Trinajstić information content (AvgIpc) is 2.46. The van der Waals surface area contributed by atoms with Gasteiger partial charge in [-0.2, -0.15) is 0 Å². The van der Waals surface area contributed by atoms with E-state index in [9.17, 15) is 4.79 Å². The van der Waals surface area contributed by atoms with Crippen LogP contribution in [0.25, 0.3) is 11.3 Å². The van der Waals surface area contributed by atoms with Crippen molar-refractivity contribution >= 4 is 5.97 Å². The highest BCUT2D eigenvalue weighted by Crippen LogP contribution is 2.24. The molecule has 5 heteroatoms. The third-order valence-electron chi connectivity index (χ3n) is 2.71. The second kappa shape index (κ2) is 5.48. The Labute approximate surface area is 111 Å². The number of aryl methyl sites for hydroxylation is 1. The van der Waals surface area contributed by atoms with Gasteiger partial charge in [0, 0.05) is 11.8 Å². The van der Waals surface area contributed by atoms with Crippen molar-refractivity contribution in [2.24, 2.45) is 0 Å². The summed E-state index contributed by atoms with van der Waals surface area (Å²) in [6, 6.07) is 7.44. The van der Waals surface area contributed by atoms with E-state index in [-0.39, 0.29) is 5.82 Å². The van der Waals surface area contributed by atoms with Crippen molar-refractivity contribution in [3.05, 3.63) is 41.9 Å². The van der Waals surface area contributed by atoms with E-state index in [2.05, 4.69) is 14.7 Å². The molecule has 0 spiro atoms. The van der Waals surface area contributed by atoms with Crippen LogP contribution < -0.4 is 4.74 Å². The van der Waals surface area contributed by atoms with Gasteiger partial charge in [-0.15, -0.1) is 0 Å². The Hall–Kier alpha value is -2.43. The fourth-order valence-electron chi connectivity index (χ4n) is 1.75. The monoisotopic (exact) mass is 258 g/mol. The Bertz CT molecular complexity index is 611. The quantitative estimate of drug-likeness (QED) is 0.790. The van der Waals surface area contributed by atoms with E-state index in [1.165, 1.54) is 13.3 Å². The Morgan fingerprint density at radius 2 is 2.00 bits per heavy atom. The number of hydrogen-bond donors (Lipinski definition) is 0. The van der Waals surface area contributed by atoms with Gasteiger partial charge in [-0.1, -0.05) is 0 Å². The van der Waals surface area contributed by atoms with E-state index < -0.39 is 5.97 Å². The molecule has 5 nitrogen and oxygen atoms in total. The molecular weight excluding hydrogens is 244 g/mol. The molecule has 0 amide bonds. The van der Waals surface area contributed by atoms with Crippen molar-refractivity contribution in [3.8, 4) is 17.0 Å². The first-order valence-corrected chi connectivity index (χ1v) is 5.72. The highest BCUT2D eigenvalue weighted by molar-refractivity contribution is 5.85. The van der Waals surface area contributed by atoms with Gasteiger partial charge in [0.15, 0.2) is 0 Å². The van der Waals surface area contributed by atoms with E-state index in [0.717, 1.165) is 16.9 Å².